The molecule has 0 aliphatic carbocycles. The molecule has 0 bridgehead atoms. The minimum atomic E-state index is -0.728. The predicted octanol–water partition coefficient (Wildman–Crippen LogP) is 3.69. The summed E-state index contributed by atoms with van der Waals surface area (Å²) in [6.07, 6.45) is 0.929. The Bertz CT molecular complexity index is 1260. The monoisotopic (exact) mass is 447 g/mol. The molecule has 2 N–H and O–H groups in total. The van der Waals surface area contributed by atoms with E-state index >= 15 is 0 Å². The van der Waals surface area contributed by atoms with E-state index in [0.717, 1.165) is 28.9 Å². The lowest BCUT2D eigenvalue weighted by Crippen LogP contribution is -2.30. The van der Waals surface area contributed by atoms with Crippen molar-refractivity contribution in [2.45, 2.75) is 12.8 Å². The Morgan fingerprint density at radius 2 is 1.97 bits per heavy atom. The van der Waals surface area contributed by atoms with Crippen LogP contribution >= 0.6 is 0 Å². The number of rotatable bonds is 6. The number of nitrogens with one attached hydrogen (secondary N) is 1. The molecule has 9 nitrogen and oxygen atoms in total. The van der Waals surface area contributed by atoms with Crippen molar-refractivity contribution in [2.24, 2.45) is 0 Å². The Morgan fingerprint density at radius 1 is 1.15 bits per heavy atom. The van der Waals surface area contributed by atoms with E-state index in [2.05, 4.69) is 5.32 Å². The lowest BCUT2D eigenvalue weighted by molar-refractivity contribution is -0.385. The van der Waals surface area contributed by atoms with E-state index in [0.29, 0.717) is 24.4 Å². The van der Waals surface area contributed by atoms with Crippen LogP contribution in [0.5, 0.6) is 11.5 Å². The van der Waals surface area contributed by atoms with Crippen LogP contribution in [0, 0.1) is 10.1 Å². The van der Waals surface area contributed by atoms with Crippen LogP contribution in [0.1, 0.15) is 21.5 Å². The molecule has 0 saturated carbocycles. The molecule has 9 heteroatoms. The summed E-state index contributed by atoms with van der Waals surface area (Å²) in [4.78, 5) is 37.4. The topological polar surface area (TPSA) is 122 Å². The molecule has 1 aliphatic heterocycles. The molecule has 2 amide bonds. The van der Waals surface area contributed by atoms with Crippen molar-refractivity contribution < 1.29 is 24.4 Å². The highest BCUT2D eigenvalue weighted by Gasteiger charge is 2.25. The molecule has 0 spiro atoms. The summed E-state index contributed by atoms with van der Waals surface area (Å²) in [5, 5.41) is 23.3. The number of phenols is 1. The third-order valence-corrected chi connectivity index (χ3v) is 5.46. The second-order valence-electron chi connectivity index (χ2n) is 7.58. The highest BCUT2D eigenvalue weighted by Crippen LogP contribution is 2.32. The van der Waals surface area contributed by atoms with Gasteiger partial charge in [-0.25, -0.2) is 0 Å². The number of aromatic hydroxyl groups is 1. The summed E-state index contributed by atoms with van der Waals surface area (Å²) in [6.45, 7) is 0.547. The van der Waals surface area contributed by atoms with Crippen LogP contribution in [0.3, 0.4) is 0 Å². The second kappa shape index (κ2) is 8.99. The molecule has 3 aromatic carbocycles. The van der Waals surface area contributed by atoms with Gasteiger partial charge >= 0.3 is 5.69 Å². The molecule has 0 fully saturated rings. The molecule has 168 valence electrons. The summed E-state index contributed by atoms with van der Waals surface area (Å²) in [5.74, 6) is -0.501. The number of hydrogen-bond acceptors (Lipinski definition) is 6. The fourth-order valence-corrected chi connectivity index (χ4v) is 3.79. The third-order valence-electron chi connectivity index (χ3n) is 5.46. The van der Waals surface area contributed by atoms with Crippen molar-refractivity contribution in [1.82, 2.24) is 0 Å². The van der Waals surface area contributed by atoms with Crippen LogP contribution < -0.4 is 15.0 Å². The number of anilines is 2. The Labute approximate surface area is 189 Å². The van der Waals surface area contributed by atoms with Gasteiger partial charge in [0.05, 0.1) is 18.5 Å². The Kier molecular flexibility index (Phi) is 5.95. The van der Waals surface area contributed by atoms with Crippen molar-refractivity contribution in [3.05, 3.63) is 87.5 Å². The number of fused-ring (bicyclic) bond motifs is 1. The highest BCUT2D eigenvalue weighted by atomic mass is 16.6. The van der Waals surface area contributed by atoms with E-state index in [1.54, 1.807) is 24.1 Å². The fraction of sp³-hybridized carbons (Fsp3) is 0.167. The van der Waals surface area contributed by atoms with Gasteiger partial charge in [-0.1, -0.05) is 18.2 Å². The van der Waals surface area contributed by atoms with Crippen LogP contribution in [-0.2, 0) is 17.6 Å². The molecule has 1 heterocycles. The van der Waals surface area contributed by atoms with Crippen LogP contribution in [-0.4, -0.2) is 35.5 Å². The number of amides is 2. The van der Waals surface area contributed by atoms with Gasteiger partial charge in [0.25, 0.3) is 5.91 Å². The summed E-state index contributed by atoms with van der Waals surface area (Å²) in [6, 6.07) is 16.1. The molecule has 0 saturated heterocycles. The molecule has 0 atom stereocenters. The fourth-order valence-electron chi connectivity index (χ4n) is 3.79. The number of carbonyl (C=O) groups excluding carboxylic acids is 2. The number of methoxy groups -OCH3 is 1. The first-order valence-corrected chi connectivity index (χ1v) is 10.2. The zero-order chi connectivity index (χ0) is 23.5. The maximum atomic E-state index is 13.0. The normalized spacial score (nSPS) is 12.2. The van der Waals surface area contributed by atoms with Crippen molar-refractivity contribution in [3.8, 4) is 11.5 Å². The second-order valence-corrected chi connectivity index (χ2v) is 7.58. The first kappa shape index (κ1) is 21.8. The van der Waals surface area contributed by atoms with Gasteiger partial charge in [0.2, 0.25) is 5.91 Å². The molecule has 0 unspecified atom stereocenters. The molecule has 0 radical (unpaired) electrons. The van der Waals surface area contributed by atoms with Crippen LogP contribution in [0.25, 0.3) is 0 Å². The standard InChI is InChI=1S/C24H21N3O6/c1-33-19-4-2-3-15(11-19)12-23(29)26-10-9-16-5-7-18(14-21(16)26)25-24(30)17-6-8-20(27(31)32)22(28)13-17/h2-8,11,13-14,28H,9-10,12H2,1H3,(H,25,30). The SMILES string of the molecule is COc1cccc(CC(=O)N2CCc3ccc(NC(=O)c4ccc([N+](=O)[O-])c(O)c4)cc32)c1. The maximum absolute atomic E-state index is 13.0. The zero-order valence-corrected chi connectivity index (χ0v) is 17.8. The number of phenolic OH excluding ortho intramolecular Hbond substituents is 1. The predicted molar refractivity (Wildman–Crippen MR) is 122 cm³/mol. The van der Waals surface area contributed by atoms with Crippen LogP contribution in [0.4, 0.5) is 17.1 Å². The number of nitro benzene ring substituents is 1. The summed E-state index contributed by atoms with van der Waals surface area (Å²) < 4.78 is 5.22. The average molecular weight is 447 g/mol. The number of ether oxygens (including phenoxy) is 1. The van der Waals surface area contributed by atoms with Gasteiger partial charge in [-0.05, 0) is 53.9 Å². The lowest BCUT2D eigenvalue weighted by atomic mass is 10.1. The summed E-state index contributed by atoms with van der Waals surface area (Å²) in [7, 11) is 1.57. The number of carbonyl (C=O) groups is 2. The Morgan fingerprint density at radius 3 is 2.70 bits per heavy atom. The molecular formula is C24H21N3O6. The van der Waals surface area contributed by atoms with Crippen LogP contribution in [0.15, 0.2) is 60.7 Å². The Balaban J connectivity index is 1.50. The van der Waals surface area contributed by atoms with Gasteiger partial charge in [0, 0.05) is 29.5 Å². The minimum Gasteiger partial charge on any atom is -0.502 e. The van der Waals surface area contributed by atoms with Gasteiger partial charge in [-0.2, -0.15) is 0 Å². The third kappa shape index (κ3) is 4.62. The smallest absolute Gasteiger partial charge is 0.310 e. The average Bonchev–Trinajstić information content (AvgIpc) is 3.22. The number of nitrogens with zero attached hydrogens (tertiary/aromatic N) is 2. The van der Waals surface area contributed by atoms with Gasteiger partial charge < -0.3 is 20.1 Å². The van der Waals surface area contributed by atoms with E-state index in [-0.39, 0.29) is 17.9 Å². The van der Waals surface area contributed by atoms with Crippen molar-refractivity contribution in [1.29, 1.82) is 0 Å². The molecule has 3 aromatic rings. The molecule has 1 aliphatic rings. The van der Waals surface area contributed by atoms with E-state index in [1.807, 2.05) is 30.3 Å². The van der Waals surface area contributed by atoms with Gasteiger partial charge in [-0.15, -0.1) is 0 Å². The number of hydrogen-bond donors (Lipinski definition) is 2. The lowest BCUT2D eigenvalue weighted by Gasteiger charge is -2.18. The van der Waals surface area contributed by atoms with Crippen molar-refractivity contribution in [2.75, 3.05) is 23.9 Å². The maximum Gasteiger partial charge on any atom is 0.310 e. The van der Waals surface area contributed by atoms with E-state index < -0.39 is 22.3 Å². The van der Waals surface area contributed by atoms with Crippen molar-refractivity contribution in [3.63, 3.8) is 0 Å². The molecular weight excluding hydrogens is 426 g/mol. The Hall–Kier alpha value is -4.40. The molecule has 4 rings (SSSR count). The van der Waals surface area contributed by atoms with E-state index in [9.17, 15) is 24.8 Å². The first-order valence-electron chi connectivity index (χ1n) is 10.2. The molecule has 33 heavy (non-hydrogen) atoms. The number of nitro groups is 1. The minimum absolute atomic E-state index is 0.0641. The quantitative estimate of drug-likeness (QED) is 0.439. The van der Waals surface area contributed by atoms with Gasteiger partial charge in [0.15, 0.2) is 5.75 Å². The number of benzene rings is 3. The highest BCUT2D eigenvalue weighted by molar-refractivity contribution is 6.05. The zero-order valence-electron chi connectivity index (χ0n) is 17.8. The summed E-state index contributed by atoms with van der Waals surface area (Å²) >= 11 is 0. The van der Waals surface area contributed by atoms with Gasteiger partial charge in [-0.3, -0.25) is 19.7 Å². The molecule has 0 aromatic heterocycles. The van der Waals surface area contributed by atoms with E-state index in [1.165, 1.54) is 6.07 Å². The van der Waals surface area contributed by atoms with Gasteiger partial charge in [0.1, 0.15) is 5.75 Å². The van der Waals surface area contributed by atoms with E-state index in [4.69, 9.17) is 4.74 Å². The van der Waals surface area contributed by atoms with Crippen molar-refractivity contribution >= 4 is 28.9 Å². The first-order chi connectivity index (χ1) is 15.9. The largest absolute Gasteiger partial charge is 0.502 e. The van der Waals surface area contributed by atoms with Crippen LogP contribution in [0.2, 0.25) is 0 Å². The summed E-state index contributed by atoms with van der Waals surface area (Å²) in [5.41, 5.74) is 2.64.